The highest BCUT2D eigenvalue weighted by molar-refractivity contribution is 5.66. The van der Waals surface area contributed by atoms with E-state index in [2.05, 4.69) is 27.4 Å². The van der Waals surface area contributed by atoms with Crippen molar-refractivity contribution in [2.45, 2.75) is 85.0 Å². The summed E-state index contributed by atoms with van der Waals surface area (Å²) in [6.07, 6.45) is 9.02. The van der Waals surface area contributed by atoms with Gasteiger partial charge in [-0.25, -0.2) is 0 Å². The molecule has 0 amide bonds. The highest BCUT2D eigenvalue weighted by atomic mass is 16.7. The molecular formula is C23H36O4. The van der Waals surface area contributed by atoms with Crippen molar-refractivity contribution in [3.63, 3.8) is 0 Å². The fraction of sp³-hybridized carbons (Fsp3) is 0.783. The predicted octanol–water partition coefficient (Wildman–Crippen LogP) is 5.38. The Bertz CT molecular complexity index is 620. The maximum absolute atomic E-state index is 11.3. The third-order valence-electron chi connectivity index (χ3n) is 7.54. The summed E-state index contributed by atoms with van der Waals surface area (Å²) < 4.78 is 16.8. The molecule has 1 saturated heterocycles. The van der Waals surface area contributed by atoms with E-state index in [9.17, 15) is 4.79 Å². The molecule has 27 heavy (non-hydrogen) atoms. The molecule has 4 heteroatoms. The zero-order valence-corrected chi connectivity index (χ0v) is 17.7. The van der Waals surface area contributed by atoms with Gasteiger partial charge >= 0.3 is 5.97 Å². The van der Waals surface area contributed by atoms with Crippen LogP contribution >= 0.6 is 0 Å². The number of esters is 1. The number of ether oxygens (including phenoxy) is 3. The molecule has 152 valence electrons. The summed E-state index contributed by atoms with van der Waals surface area (Å²) in [4.78, 5) is 11.3. The Morgan fingerprint density at radius 1 is 1.33 bits per heavy atom. The third-order valence-corrected chi connectivity index (χ3v) is 7.54. The van der Waals surface area contributed by atoms with Gasteiger partial charge < -0.3 is 14.2 Å². The van der Waals surface area contributed by atoms with E-state index >= 15 is 0 Å². The monoisotopic (exact) mass is 376 g/mol. The van der Waals surface area contributed by atoms with Gasteiger partial charge in [0.15, 0.2) is 6.29 Å². The van der Waals surface area contributed by atoms with Crippen molar-refractivity contribution in [1.82, 2.24) is 0 Å². The molecule has 0 spiro atoms. The standard InChI is InChI=1S/C23H36O4/c1-15-8-9-20-22(3,4)10-7-11-23(20,5)18(15)13-19-17(14-26-16(2)24)12-21(25-6)27-19/h14,18-21H,1,7-13H2,2-6H3. The van der Waals surface area contributed by atoms with Crippen LogP contribution in [0.15, 0.2) is 24.0 Å². The van der Waals surface area contributed by atoms with E-state index in [4.69, 9.17) is 14.2 Å². The zero-order valence-electron chi connectivity index (χ0n) is 17.7. The zero-order chi connectivity index (χ0) is 19.8. The molecule has 0 N–H and O–H groups in total. The lowest BCUT2D eigenvalue weighted by Gasteiger charge is -2.58. The van der Waals surface area contributed by atoms with Crippen LogP contribution in [0, 0.1) is 22.7 Å². The van der Waals surface area contributed by atoms with Gasteiger partial charge in [-0.1, -0.05) is 39.3 Å². The lowest BCUT2D eigenvalue weighted by molar-refractivity contribution is -0.135. The summed E-state index contributed by atoms with van der Waals surface area (Å²) in [6, 6.07) is 0. The first-order valence-corrected chi connectivity index (χ1v) is 10.4. The van der Waals surface area contributed by atoms with Crippen molar-refractivity contribution in [2.24, 2.45) is 22.7 Å². The average Bonchev–Trinajstić information content (AvgIpc) is 2.97. The van der Waals surface area contributed by atoms with Crippen LogP contribution in [0.1, 0.15) is 72.6 Å². The summed E-state index contributed by atoms with van der Waals surface area (Å²) in [5.74, 6) is 0.845. The van der Waals surface area contributed by atoms with Gasteiger partial charge in [-0.05, 0) is 60.3 Å². The summed E-state index contributed by atoms with van der Waals surface area (Å²) in [5.41, 5.74) is 3.03. The van der Waals surface area contributed by atoms with E-state index in [1.807, 2.05) is 0 Å². The lowest BCUT2D eigenvalue weighted by Crippen LogP contribution is -2.50. The minimum Gasteiger partial charge on any atom is -0.435 e. The minimum atomic E-state index is -0.301. The van der Waals surface area contributed by atoms with Crippen LogP contribution in [0.2, 0.25) is 0 Å². The van der Waals surface area contributed by atoms with Crippen LogP contribution in [0.25, 0.3) is 0 Å². The van der Waals surface area contributed by atoms with Crippen LogP contribution in [-0.2, 0) is 19.0 Å². The Labute approximate surface area is 164 Å². The van der Waals surface area contributed by atoms with E-state index < -0.39 is 0 Å². The predicted molar refractivity (Wildman–Crippen MR) is 106 cm³/mol. The summed E-state index contributed by atoms with van der Waals surface area (Å²) in [5, 5.41) is 0. The van der Waals surface area contributed by atoms with Crippen LogP contribution in [0.5, 0.6) is 0 Å². The molecule has 4 nitrogen and oxygen atoms in total. The first kappa shape index (κ1) is 20.6. The molecule has 5 unspecified atom stereocenters. The molecule has 0 aromatic heterocycles. The maximum atomic E-state index is 11.3. The smallest absolute Gasteiger partial charge is 0.307 e. The SMILES string of the molecule is C=C1CCC2C(C)(C)CCCC2(C)C1CC1OC(OC)CC1=COC(C)=O. The Morgan fingerprint density at radius 3 is 2.74 bits per heavy atom. The van der Waals surface area contributed by atoms with E-state index in [0.717, 1.165) is 24.3 Å². The number of allylic oxidation sites excluding steroid dienone is 1. The molecule has 0 radical (unpaired) electrons. The van der Waals surface area contributed by atoms with Crippen LogP contribution in [-0.4, -0.2) is 25.5 Å². The second kappa shape index (κ2) is 7.71. The molecule has 3 rings (SSSR count). The number of hydrogen-bond acceptors (Lipinski definition) is 4. The second-order valence-corrected chi connectivity index (χ2v) is 9.68. The van der Waals surface area contributed by atoms with Gasteiger partial charge in [0.1, 0.15) is 0 Å². The minimum absolute atomic E-state index is 0.0725. The molecule has 5 atom stereocenters. The highest BCUT2D eigenvalue weighted by Gasteiger charge is 2.53. The quantitative estimate of drug-likeness (QED) is 0.375. The Morgan fingerprint density at radius 2 is 2.07 bits per heavy atom. The first-order chi connectivity index (χ1) is 12.7. The van der Waals surface area contributed by atoms with Gasteiger partial charge in [-0.2, -0.15) is 0 Å². The van der Waals surface area contributed by atoms with Crippen molar-refractivity contribution in [2.75, 3.05) is 7.11 Å². The van der Waals surface area contributed by atoms with Crippen molar-refractivity contribution in [3.8, 4) is 0 Å². The average molecular weight is 377 g/mol. The first-order valence-electron chi connectivity index (χ1n) is 10.4. The number of carbonyl (C=O) groups is 1. The number of hydrogen-bond donors (Lipinski definition) is 0. The van der Waals surface area contributed by atoms with Gasteiger partial charge in [0.05, 0.1) is 12.4 Å². The van der Waals surface area contributed by atoms with E-state index in [1.165, 1.54) is 38.2 Å². The summed E-state index contributed by atoms with van der Waals surface area (Å²) in [7, 11) is 1.66. The molecule has 0 bridgehead atoms. The van der Waals surface area contributed by atoms with E-state index in [0.29, 0.717) is 17.8 Å². The topological polar surface area (TPSA) is 44.8 Å². The fourth-order valence-corrected chi connectivity index (χ4v) is 6.19. The van der Waals surface area contributed by atoms with Crippen molar-refractivity contribution >= 4 is 5.97 Å². The number of carbonyl (C=O) groups excluding carboxylic acids is 1. The summed E-state index contributed by atoms with van der Waals surface area (Å²) >= 11 is 0. The molecule has 1 heterocycles. The molecule has 2 saturated carbocycles. The molecular weight excluding hydrogens is 340 g/mol. The molecule has 1 aliphatic heterocycles. The normalized spacial score (nSPS) is 40.0. The third kappa shape index (κ3) is 4.02. The van der Waals surface area contributed by atoms with Gasteiger partial charge in [0.2, 0.25) is 0 Å². The molecule has 0 aromatic carbocycles. The second-order valence-electron chi connectivity index (χ2n) is 9.68. The Kier molecular flexibility index (Phi) is 5.88. The Balaban J connectivity index is 1.84. The van der Waals surface area contributed by atoms with Crippen LogP contribution in [0.3, 0.4) is 0 Å². The Hall–Kier alpha value is -1.13. The number of fused-ring (bicyclic) bond motifs is 1. The highest BCUT2D eigenvalue weighted by Crippen LogP contribution is 2.62. The molecule has 3 fully saturated rings. The number of methoxy groups -OCH3 is 1. The van der Waals surface area contributed by atoms with Crippen LogP contribution < -0.4 is 0 Å². The maximum Gasteiger partial charge on any atom is 0.307 e. The molecule has 0 aromatic rings. The molecule has 2 aliphatic carbocycles. The van der Waals surface area contributed by atoms with Crippen molar-refractivity contribution in [3.05, 3.63) is 24.0 Å². The fourth-order valence-electron chi connectivity index (χ4n) is 6.19. The molecule has 3 aliphatic rings. The van der Waals surface area contributed by atoms with Gasteiger partial charge in [0.25, 0.3) is 0 Å². The lowest BCUT2D eigenvalue weighted by atomic mass is 9.47. The largest absolute Gasteiger partial charge is 0.435 e. The van der Waals surface area contributed by atoms with Crippen molar-refractivity contribution < 1.29 is 19.0 Å². The summed E-state index contributed by atoms with van der Waals surface area (Å²) in [6.45, 7) is 13.3. The van der Waals surface area contributed by atoms with Gasteiger partial charge in [-0.15, -0.1) is 0 Å². The van der Waals surface area contributed by atoms with Gasteiger partial charge in [-0.3, -0.25) is 4.79 Å². The number of rotatable bonds is 4. The van der Waals surface area contributed by atoms with Crippen LogP contribution in [0.4, 0.5) is 0 Å². The van der Waals surface area contributed by atoms with Crippen molar-refractivity contribution in [1.29, 1.82) is 0 Å². The van der Waals surface area contributed by atoms with E-state index in [1.54, 1.807) is 13.4 Å². The van der Waals surface area contributed by atoms with Gasteiger partial charge in [0, 0.05) is 20.5 Å². The van der Waals surface area contributed by atoms with E-state index in [-0.39, 0.29) is 23.8 Å².